The van der Waals surface area contributed by atoms with Crippen molar-refractivity contribution in [3.05, 3.63) is 65.0 Å². The van der Waals surface area contributed by atoms with Crippen LogP contribution in [0.5, 0.6) is 0 Å². The molecule has 0 saturated carbocycles. The van der Waals surface area contributed by atoms with Gasteiger partial charge in [0.15, 0.2) is 11.6 Å². The summed E-state index contributed by atoms with van der Waals surface area (Å²) in [6.07, 6.45) is 3.75. The number of hydrogen-bond donors (Lipinski definition) is 0. The van der Waals surface area contributed by atoms with E-state index in [1.807, 2.05) is 6.07 Å². The molecular weight excluding hydrogens is 324 g/mol. The molecule has 128 valence electrons. The van der Waals surface area contributed by atoms with Crippen LogP contribution in [0.25, 0.3) is 0 Å². The predicted molar refractivity (Wildman–Crippen MR) is 87.6 cm³/mol. The van der Waals surface area contributed by atoms with Gasteiger partial charge in [0.25, 0.3) is 5.91 Å². The minimum atomic E-state index is -0.835. The van der Waals surface area contributed by atoms with Gasteiger partial charge < -0.3 is 4.90 Å². The Kier molecular flexibility index (Phi) is 5.03. The third-order valence-corrected chi connectivity index (χ3v) is 4.53. The Labute approximate surface area is 144 Å². The largest absolute Gasteiger partial charge is 0.339 e. The number of likely N-dealkylation sites (tertiary alicyclic amines) is 1. The molecule has 1 aromatic heterocycles. The smallest absolute Gasteiger partial charge is 0.254 e. The molecule has 1 aliphatic rings. The molecule has 0 spiro atoms. The Morgan fingerprint density at radius 2 is 1.96 bits per heavy atom. The number of rotatable bonds is 3. The van der Waals surface area contributed by atoms with Gasteiger partial charge >= 0.3 is 0 Å². The molecule has 1 amide bonds. The van der Waals surface area contributed by atoms with Crippen molar-refractivity contribution in [2.24, 2.45) is 5.92 Å². The van der Waals surface area contributed by atoms with Crippen LogP contribution in [0.4, 0.5) is 8.78 Å². The van der Waals surface area contributed by atoms with Gasteiger partial charge in [-0.25, -0.2) is 13.8 Å². The number of carbonyl (C=O) groups excluding carboxylic acids is 1. The fourth-order valence-corrected chi connectivity index (χ4v) is 3.15. The van der Waals surface area contributed by atoms with Crippen LogP contribution in [0, 0.1) is 28.9 Å². The summed E-state index contributed by atoms with van der Waals surface area (Å²) in [4.78, 5) is 18.1. The molecule has 4 nitrogen and oxygen atoms in total. The zero-order valence-electron chi connectivity index (χ0n) is 13.6. The number of pyridine rings is 1. The third-order valence-electron chi connectivity index (χ3n) is 4.53. The van der Waals surface area contributed by atoms with Crippen LogP contribution in [0.1, 0.15) is 34.5 Å². The molecule has 6 heteroatoms. The van der Waals surface area contributed by atoms with Gasteiger partial charge in [-0.1, -0.05) is 6.07 Å². The zero-order chi connectivity index (χ0) is 17.8. The van der Waals surface area contributed by atoms with Crippen molar-refractivity contribution >= 4 is 5.91 Å². The minimum Gasteiger partial charge on any atom is -0.339 e. The summed E-state index contributed by atoms with van der Waals surface area (Å²) >= 11 is 0. The Balaban J connectivity index is 1.58. The van der Waals surface area contributed by atoms with E-state index in [2.05, 4.69) is 4.98 Å². The van der Waals surface area contributed by atoms with Crippen molar-refractivity contribution in [3.63, 3.8) is 0 Å². The van der Waals surface area contributed by atoms with E-state index >= 15 is 0 Å². The topological polar surface area (TPSA) is 57.0 Å². The zero-order valence-corrected chi connectivity index (χ0v) is 13.6. The number of nitrogens with zero attached hydrogens (tertiary/aromatic N) is 3. The van der Waals surface area contributed by atoms with Crippen LogP contribution >= 0.6 is 0 Å². The molecule has 2 heterocycles. The molecular formula is C19H17F2N3O. The molecule has 1 aromatic carbocycles. The second-order valence-electron chi connectivity index (χ2n) is 6.23. The molecule has 0 N–H and O–H groups in total. The summed E-state index contributed by atoms with van der Waals surface area (Å²) in [6.45, 7) is 1.22. The van der Waals surface area contributed by atoms with E-state index in [0.717, 1.165) is 24.5 Å². The van der Waals surface area contributed by atoms with Crippen LogP contribution in [-0.2, 0) is 6.42 Å². The van der Waals surface area contributed by atoms with Gasteiger partial charge in [-0.3, -0.25) is 4.79 Å². The standard InChI is InChI=1S/C19H17F2N3O/c20-17-2-1-14(10-18(17)21)9-13-4-7-24(8-5-13)19(25)15-3-6-23-16(11-15)12-22/h1-3,6,10-11,13H,4-5,7-9H2. The molecule has 1 saturated heterocycles. The van der Waals surface area contributed by atoms with Crippen LogP contribution < -0.4 is 0 Å². The van der Waals surface area contributed by atoms with E-state index in [4.69, 9.17) is 5.26 Å². The lowest BCUT2D eigenvalue weighted by Crippen LogP contribution is -2.39. The first-order chi connectivity index (χ1) is 12.1. The lowest BCUT2D eigenvalue weighted by atomic mass is 9.90. The van der Waals surface area contributed by atoms with Crippen LogP contribution in [0.3, 0.4) is 0 Å². The first-order valence-electron chi connectivity index (χ1n) is 8.16. The van der Waals surface area contributed by atoms with E-state index in [-0.39, 0.29) is 11.6 Å². The van der Waals surface area contributed by atoms with Crippen LogP contribution in [0.2, 0.25) is 0 Å². The highest BCUT2D eigenvalue weighted by atomic mass is 19.2. The van der Waals surface area contributed by atoms with Gasteiger partial charge in [0.1, 0.15) is 11.8 Å². The summed E-state index contributed by atoms with van der Waals surface area (Å²) in [5.41, 5.74) is 1.46. The Bertz CT molecular complexity index is 824. The first-order valence-corrected chi connectivity index (χ1v) is 8.16. The van der Waals surface area contributed by atoms with Gasteiger partial charge in [0.05, 0.1) is 0 Å². The van der Waals surface area contributed by atoms with Crippen molar-refractivity contribution in [1.29, 1.82) is 5.26 Å². The summed E-state index contributed by atoms with van der Waals surface area (Å²) in [6, 6.07) is 9.04. The highest BCUT2D eigenvalue weighted by Crippen LogP contribution is 2.23. The Morgan fingerprint density at radius 3 is 2.64 bits per heavy atom. The minimum absolute atomic E-state index is 0.106. The number of hydrogen-bond acceptors (Lipinski definition) is 3. The first kappa shape index (κ1) is 17.0. The molecule has 2 aromatic rings. The number of piperidine rings is 1. The lowest BCUT2D eigenvalue weighted by Gasteiger charge is -2.32. The monoisotopic (exact) mass is 341 g/mol. The van der Waals surface area contributed by atoms with Gasteiger partial charge in [-0.2, -0.15) is 5.26 Å². The average Bonchev–Trinajstić information content (AvgIpc) is 2.65. The molecule has 0 unspecified atom stereocenters. The normalized spacial score (nSPS) is 15.0. The van der Waals surface area contributed by atoms with Gasteiger partial charge in [-0.05, 0) is 55.0 Å². The summed E-state index contributed by atoms with van der Waals surface area (Å²) in [7, 11) is 0. The summed E-state index contributed by atoms with van der Waals surface area (Å²) in [5, 5.41) is 8.88. The molecule has 25 heavy (non-hydrogen) atoms. The molecule has 0 radical (unpaired) electrons. The van der Waals surface area contributed by atoms with Crippen LogP contribution in [-0.4, -0.2) is 28.9 Å². The number of benzene rings is 1. The van der Waals surface area contributed by atoms with Crippen molar-refractivity contribution in [2.45, 2.75) is 19.3 Å². The number of aromatic nitrogens is 1. The number of nitriles is 1. The molecule has 3 rings (SSSR count). The second-order valence-corrected chi connectivity index (χ2v) is 6.23. The van der Waals surface area contributed by atoms with E-state index in [9.17, 15) is 13.6 Å². The fourth-order valence-electron chi connectivity index (χ4n) is 3.15. The predicted octanol–water partition coefficient (Wildman–Crippen LogP) is 3.33. The number of halogens is 2. The summed E-state index contributed by atoms with van der Waals surface area (Å²) in [5.74, 6) is -1.43. The molecule has 0 atom stereocenters. The average molecular weight is 341 g/mol. The van der Waals surface area contributed by atoms with Crippen molar-refractivity contribution in [3.8, 4) is 6.07 Å². The van der Waals surface area contributed by atoms with Gasteiger partial charge in [0.2, 0.25) is 0 Å². The van der Waals surface area contributed by atoms with Crippen molar-refractivity contribution in [1.82, 2.24) is 9.88 Å². The van der Waals surface area contributed by atoms with Crippen LogP contribution in [0.15, 0.2) is 36.5 Å². The summed E-state index contributed by atoms with van der Waals surface area (Å²) < 4.78 is 26.3. The second kappa shape index (κ2) is 7.39. The third kappa shape index (κ3) is 4.00. The quantitative estimate of drug-likeness (QED) is 0.860. The SMILES string of the molecule is N#Cc1cc(C(=O)N2CCC(Cc3ccc(F)c(F)c3)CC2)ccn1. The maximum Gasteiger partial charge on any atom is 0.254 e. The van der Waals surface area contributed by atoms with E-state index < -0.39 is 11.6 Å². The van der Waals surface area contributed by atoms with Crippen molar-refractivity contribution < 1.29 is 13.6 Å². The number of carbonyl (C=O) groups is 1. The molecule has 0 bridgehead atoms. The fraction of sp³-hybridized carbons (Fsp3) is 0.316. The lowest BCUT2D eigenvalue weighted by molar-refractivity contribution is 0.0690. The number of amides is 1. The maximum absolute atomic E-state index is 13.3. The van der Waals surface area contributed by atoms with E-state index in [0.29, 0.717) is 31.0 Å². The van der Waals surface area contributed by atoms with Gasteiger partial charge in [0, 0.05) is 24.8 Å². The maximum atomic E-state index is 13.3. The van der Waals surface area contributed by atoms with Crippen molar-refractivity contribution in [2.75, 3.05) is 13.1 Å². The van der Waals surface area contributed by atoms with E-state index in [1.165, 1.54) is 18.3 Å². The van der Waals surface area contributed by atoms with Gasteiger partial charge in [-0.15, -0.1) is 0 Å². The molecule has 1 aliphatic heterocycles. The molecule has 0 aliphatic carbocycles. The van der Waals surface area contributed by atoms with E-state index in [1.54, 1.807) is 17.0 Å². The highest BCUT2D eigenvalue weighted by Gasteiger charge is 2.24. The highest BCUT2D eigenvalue weighted by molar-refractivity contribution is 5.94. The Morgan fingerprint density at radius 1 is 1.20 bits per heavy atom. The molecule has 1 fully saturated rings. The Hall–Kier alpha value is -2.81.